The molecule has 23 nitrogen and oxygen atoms in total. The number of esters is 1. The summed E-state index contributed by atoms with van der Waals surface area (Å²) in [6.07, 6.45) is -8.32. The van der Waals surface area contributed by atoms with Crippen molar-refractivity contribution in [3.63, 3.8) is 0 Å². The Bertz CT molecular complexity index is 2950. The summed E-state index contributed by atoms with van der Waals surface area (Å²) in [5.41, 5.74) is 0.659. The van der Waals surface area contributed by atoms with E-state index in [9.17, 15) is 54.9 Å². The Morgan fingerprint density at radius 1 is 0.898 bits per heavy atom. The van der Waals surface area contributed by atoms with Crippen molar-refractivity contribution in [1.29, 1.82) is 0 Å². The average molecular weight is 1420 g/mol. The van der Waals surface area contributed by atoms with Crippen molar-refractivity contribution in [2.75, 3.05) is 47.7 Å². The summed E-state index contributed by atoms with van der Waals surface area (Å²) in [5, 5.41) is 77.6. The van der Waals surface area contributed by atoms with Crippen molar-refractivity contribution in [1.82, 2.24) is 10.4 Å². The van der Waals surface area contributed by atoms with Crippen molar-refractivity contribution in [2.45, 2.75) is 190 Å². The largest absolute Gasteiger partial charge is 0.492 e. The van der Waals surface area contributed by atoms with Crippen LogP contribution >= 0.6 is 34.4 Å². The second-order valence-corrected chi connectivity index (χ2v) is 26.4. The van der Waals surface area contributed by atoms with Crippen LogP contribution in [0.15, 0.2) is 34.9 Å². The molecule has 4 aliphatic heterocycles. The number of likely N-dealkylation sites (N-methyl/N-ethyl adjacent to an activating group) is 1. The van der Waals surface area contributed by atoms with Crippen LogP contribution < -0.4 is 19.7 Å². The molecular formula is C60H81IN2O21S4. The number of ether oxygens (including phenoxy) is 9. The summed E-state index contributed by atoms with van der Waals surface area (Å²) in [6.45, 7) is 12.9. The van der Waals surface area contributed by atoms with Gasteiger partial charge in [-0.1, -0.05) is 48.4 Å². The van der Waals surface area contributed by atoms with Crippen LogP contribution in [0.4, 0.5) is 0 Å². The smallest absolute Gasteiger partial charge is 0.310 e. The van der Waals surface area contributed by atoms with Gasteiger partial charge in [-0.25, -0.2) is 0 Å². The number of nitrogens with zero attached hydrogens (tertiary/aromatic N) is 1. The Balaban J connectivity index is 0.00000403. The van der Waals surface area contributed by atoms with E-state index in [0.29, 0.717) is 27.7 Å². The van der Waals surface area contributed by atoms with Crippen LogP contribution in [-0.2, 0) is 78.9 Å². The van der Waals surface area contributed by atoms with Crippen molar-refractivity contribution >= 4 is 88.4 Å². The van der Waals surface area contributed by atoms with Crippen LogP contribution in [0.2, 0.25) is 0 Å². The first-order chi connectivity index (χ1) is 41.8. The molecule has 28 heteroatoms. The topological polar surface area (TPSA) is 317 Å². The molecule has 7 rings (SSSR count). The van der Waals surface area contributed by atoms with Gasteiger partial charge in [0.2, 0.25) is 23.1 Å². The number of hydrogen-bond donors (Lipinski definition) is 8. The number of fused-ring (bicyclic) bond motifs is 2. The molecule has 4 heterocycles. The molecule has 0 saturated carbocycles. The van der Waals surface area contributed by atoms with Crippen molar-refractivity contribution < 1.29 is 102 Å². The summed E-state index contributed by atoms with van der Waals surface area (Å²) in [7, 11) is 4.82. The maximum atomic E-state index is 14.4. The number of halogens is 1. The highest BCUT2D eigenvalue weighted by molar-refractivity contribution is 14.1. The lowest BCUT2D eigenvalue weighted by Crippen LogP contribution is -2.65. The minimum atomic E-state index is -1.93. The molecular weight excluding hydrogens is 1340 g/mol. The van der Waals surface area contributed by atoms with Gasteiger partial charge in [-0.2, -0.15) is 5.48 Å². The van der Waals surface area contributed by atoms with Crippen LogP contribution in [0.25, 0.3) is 0 Å². The lowest BCUT2D eigenvalue weighted by molar-refractivity contribution is -0.317. The quantitative estimate of drug-likeness (QED) is 0.0427. The van der Waals surface area contributed by atoms with E-state index in [4.69, 9.17) is 47.5 Å². The molecule has 0 spiro atoms. The van der Waals surface area contributed by atoms with Gasteiger partial charge in [-0.05, 0) is 106 Å². The minimum Gasteiger partial charge on any atom is -0.492 e. The van der Waals surface area contributed by atoms with Gasteiger partial charge in [-0.15, -0.1) is 0 Å². The van der Waals surface area contributed by atoms with Crippen molar-refractivity contribution in [3.8, 4) is 40.9 Å². The first-order valence-electron chi connectivity index (χ1n) is 28.8. The number of methoxy groups -OCH3 is 3. The van der Waals surface area contributed by atoms with E-state index in [1.54, 1.807) is 45.6 Å². The number of allylic oxidation sites excluding steroid dienone is 3. The second kappa shape index (κ2) is 32.8. The third kappa shape index (κ3) is 16.6. The fourth-order valence-electron chi connectivity index (χ4n) is 12.2. The van der Waals surface area contributed by atoms with Gasteiger partial charge in [0.05, 0.1) is 122 Å². The van der Waals surface area contributed by atoms with E-state index in [2.05, 4.69) is 51.5 Å². The van der Waals surface area contributed by atoms with E-state index in [1.807, 2.05) is 36.4 Å². The Hall–Kier alpha value is -3.58. The molecule has 4 saturated heterocycles. The molecule has 4 fully saturated rings. The highest BCUT2D eigenvalue weighted by Crippen LogP contribution is 2.50. The van der Waals surface area contributed by atoms with Gasteiger partial charge in [0.1, 0.15) is 11.7 Å². The number of aliphatic hydroxyl groups excluding tert-OH is 6. The number of thioether (sulfide) groups is 1. The molecule has 2 bridgehead atoms. The van der Waals surface area contributed by atoms with Gasteiger partial charge in [0.15, 0.2) is 35.5 Å². The SMILES string of the molecule is CC/C=C1\C2=C(CC(=O)OC)C(=O)C[C@]1(O)C#C/C=C\C#C[C@](C)(OC1OC(C)C(NOC3CC(O)C(SC(=O)c4c(C)c(I)c(OC5OC(C)C(O)C(CO)C5O)c(OC)c4OC)C(C)O3)C(O)C1C1CC(CO)C(N(CC)C(C)=O)CO1)C2.S=S=S. The number of carbonyl (C=O) groups excluding carboxylic acids is 4. The van der Waals surface area contributed by atoms with Gasteiger partial charge in [0.25, 0.3) is 0 Å². The first kappa shape index (κ1) is 73.5. The lowest BCUT2D eigenvalue weighted by Gasteiger charge is -2.51. The van der Waals surface area contributed by atoms with E-state index in [-0.39, 0.29) is 72.3 Å². The number of aliphatic hydroxyl groups is 7. The zero-order chi connectivity index (χ0) is 65.1. The minimum absolute atomic E-state index is 0.00562. The lowest BCUT2D eigenvalue weighted by atomic mass is 9.71. The molecule has 0 radical (unpaired) electrons. The van der Waals surface area contributed by atoms with E-state index < -0.39 is 150 Å². The Labute approximate surface area is 543 Å². The number of rotatable bonds is 19. The molecule has 488 valence electrons. The normalized spacial score (nSPS) is 35.5. The van der Waals surface area contributed by atoms with Gasteiger partial charge >= 0.3 is 5.97 Å². The Morgan fingerprint density at radius 3 is 2.15 bits per heavy atom. The fourth-order valence-corrected chi connectivity index (χ4v) is 13.9. The van der Waals surface area contributed by atoms with E-state index >= 15 is 0 Å². The highest BCUT2D eigenvalue weighted by Gasteiger charge is 2.54. The molecule has 2 aliphatic carbocycles. The molecule has 17 unspecified atom stereocenters. The monoisotopic (exact) mass is 1420 g/mol. The number of nitrogens with one attached hydrogen (secondary N) is 1. The molecule has 8 N–H and O–H groups in total. The first-order valence-corrected chi connectivity index (χ1v) is 33.5. The molecule has 1 aromatic rings. The van der Waals surface area contributed by atoms with Gasteiger partial charge in [-0.3, -0.25) is 24.0 Å². The zero-order valence-electron chi connectivity index (χ0n) is 50.9. The van der Waals surface area contributed by atoms with E-state index in [0.717, 1.165) is 20.6 Å². The predicted octanol–water partition coefficient (Wildman–Crippen LogP) is 2.69. The number of hydroxylamine groups is 1. The number of carbonyl (C=O) groups is 4. The standard InChI is InChI=1S/C60H81IN2O21S.S3/c1-12-18-38-36-24-59(8,19-16-14-15-17-20-60(38,74)25-41(68)35(36)22-43(69)75-9)83-57-46(42-21-34(26-64)39(28-78-42)63(13-2)33(7)66)51(72)48(30(4)80-57)62-84-44-23-40(67)55(32(6)79-44)85-56(73)45-29(3)47(61)53(54(77-11)52(45)76-10)82-58-50(71)37(27-65)49(70)31(5)81-58;1-3-2/h14-15,18,30-32,34,37,39-40,42,44,46,48-51,55,57-58,62,64-65,67,70-72,74H,12-13,21-28H2,1-11H3;/b15-14-,38-18+;/t30?,31?,32?,34?,37?,39?,40?,42?,44?,46?,48?,49?,50?,51?,55?,57?,58?,59-,60+;/m0./s1. The third-order valence-corrected chi connectivity index (χ3v) is 19.4. The third-order valence-electron chi connectivity index (χ3n) is 16.7. The second-order valence-electron chi connectivity index (χ2n) is 22.4. The molecule has 1 amide bonds. The Morgan fingerprint density at radius 2 is 1.56 bits per heavy atom. The zero-order valence-corrected chi connectivity index (χ0v) is 56.3. The number of benzene rings is 1. The van der Waals surface area contributed by atoms with Crippen LogP contribution in [0.3, 0.4) is 0 Å². The Kier molecular flexibility index (Phi) is 27.4. The molecule has 0 aromatic heterocycles. The summed E-state index contributed by atoms with van der Waals surface area (Å²) in [4.78, 5) is 61.9. The number of Topliss-reactive ketones (excluding diaryl/α,β-unsaturated/α-hetero) is 1. The van der Waals surface area contributed by atoms with Crippen LogP contribution in [0, 0.1) is 51.9 Å². The molecule has 88 heavy (non-hydrogen) atoms. The molecule has 19 atom stereocenters. The van der Waals surface area contributed by atoms with Crippen molar-refractivity contribution in [3.05, 3.63) is 49.6 Å². The maximum absolute atomic E-state index is 14.4. The fraction of sp³-hybridized carbons (Fsp3) is 0.667. The maximum Gasteiger partial charge on any atom is 0.310 e. The average Bonchev–Trinajstić information content (AvgIpc) is 3.59. The summed E-state index contributed by atoms with van der Waals surface area (Å²) in [5.74, 6) is 7.92. The summed E-state index contributed by atoms with van der Waals surface area (Å²) < 4.78 is 55.5. The highest BCUT2D eigenvalue weighted by atomic mass is 127. The summed E-state index contributed by atoms with van der Waals surface area (Å²) in [6, 6.07) is -1.54. The van der Waals surface area contributed by atoms with Crippen LogP contribution in [0.1, 0.15) is 103 Å². The molecule has 6 aliphatic rings. The number of ketones is 1. The van der Waals surface area contributed by atoms with Crippen LogP contribution in [-0.4, -0.2) is 207 Å². The number of hydrogen-bond acceptors (Lipinski definition) is 25. The van der Waals surface area contributed by atoms with Crippen molar-refractivity contribution in [2.24, 2.45) is 17.8 Å². The molecule has 1 aromatic carbocycles. The van der Waals surface area contributed by atoms with Gasteiger partial charge in [0, 0.05) is 81.6 Å². The predicted molar refractivity (Wildman–Crippen MR) is 336 cm³/mol. The number of amides is 1. The summed E-state index contributed by atoms with van der Waals surface area (Å²) >= 11 is 11.0. The van der Waals surface area contributed by atoms with E-state index in [1.165, 1.54) is 40.4 Å². The van der Waals surface area contributed by atoms with Crippen LogP contribution in [0.5, 0.6) is 17.2 Å². The van der Waals surface area contributed by atoms with Gasteiger partial charge < -0.3 is 83.3 Å².